The van der Waals surface area contributed by atoms with Crippen molar-refractivity contribution in [3.8, 4) is 0 Å². The zero-order valence-corrected chi connectivity index (χ0v) is 10.7. The van der Waals surface area contributed by atoms with Gasteiger partial charge in [-0.2, -0.15) is 0 Å². The lowest BCUT2D eigenvalue weighted by molar-refractivity contribution is -0.126. The van der Waals surface area contributed by atoms with E-state index in [1.54, 1.807) is 0 Å². The van der Waals surface area contributed by atoms with Gasteiger partial charge >= 0.3 is 0 Å². The molecule has 0 saturated heterocycles. The molecule has 0 bridgehead atoms. The maximum atomic E-state index is 11.7. The third kappa shape index (κ3) is 3.87. The van der Waals surface area contributed by atoms with Crippen LogP contribution >= 0.6 is 0 Å². The Labute approximate surface area is 107 Å². The fourth-order valence-corrected chi connectivity index (χ4v) is 1.90. The molecular formula is C14H18N2O2. The van der Waals surface area contributed by atoms with Crippen molar-refractivity contribution in [2.45, 2.75) is 39.2 Å². The molecule has 1 aliphatic carbocycles. The topological polar surface area (TPSA) is 58.2 Å². The highest BCUT2D eigenvalue weighted by Crippen LogP contribution is 2.18. The van der Waals surface area contributed by atoms with Gasteiger partial charge in [0.25, 0.3) is 0 Å². The summed E-state index contributed by atoms with van der Waals surface area (Å²) in [4.78, 5) is 23.1. The van der Waals surface area contributed by atoms with Crippen molar-refractivity contribution < 1.29 is 9.59 Å². The summed E-state index contributed by atoms with van der Waals surface area (Å²) in [5.41, 5.74) is 2.93. The summed E-state index contributed by atoms with van der Waals surface area (Å²) in [5, 5.41) is 5.54. The predicted octanol–water partition coefficient (Wildman–Crippen LogP) is 1.91. The zero-order valence-electron chi connectivity index (χ0n) is 10.7. The van der Waals surface area contributed by atoms with Crippen molar-refractivity contribution in [2.24, 2.45) is 0 Å². The van der Waals surface area contributed by atoms with E-state index >= 15 is 0 Å². The van der Waals surface area contributed by atoms with Crippen LogP contribution < -0.4 is 10.6 Å². The molecule has 0 spiro atoms. The molecule has 1 fully saturated rings. The van der Waals surface area contributed by atoms with E-state index < -0.39 is 0 Å². The molecular weight excluding hydrogens is 228 g/mol. The van der Waals surface area contributed by atoms with Crippen LogP contribution in [-0.2, 0) is 9.59 Å². The van der Waals surface area contributed by atoms with Gasteiger partial charge in [0, 0.05) is 11.7 Å². The minimum atomic E-state index is -0.266. The van der Waals surface area contributed by atoms with Gasteiger partial charge in [-0.1, -0.05) is 6.07 Å². The zero-order chi connectivity index (χ0) is 13.1. The summed E-state index contributed by atoms with van der Waals surface area (Å²) in [6.45, 7) is 3.95. The van der Waals surface area contributed by atoms with E-state index in [9.17, 15) is 9.59 Å². The summed E-state index contributed by atoms with van der Waals surface area (Å²) in [7, 11) is 0. The monoisotopic (exact) mass is 246 g/mol. The van der Waals surface area contributed by atoms with E-state index in [1.165, 1.54) is 0 Å². The molecule has 0 atom stereocenters. The van der Waals surface area contributed by atoms with Crippen molar-refractivity contribution in [2.75, 3.05) is 5.32 Å². The number of aryl methyl sites for hydroxylation is 2. The first-order chi connectivity index (χ1) is 8.52. The summed E-state index contributed by atoms with van der Waals surface area (Å²) >= 11 is 0. The molecule has 4 heteroatoms. The van der Waals surface area contributed by atoms with E-state index in [1.807, 2.05) is 32.0 Å². The number of nitrogens with one attached hydrogen (secondary N) is 2. The van der Waals surface area contributed by atoms with Crippen LogP contribution in [0.4, 0.5) is 5.69 Å². The minimum Gasteiger partial charge on any atom is -0.353 e. The molecule has 0 radical (unpaired) electrons. The molecule has 96 valence electrons. The molecule has 0 aliphatic heterocycles. The number of carbonyl (C=O) groups is 2. The van der Waals surface area contributed by atoms with E-state index in [0.717, 1.165) is 29.7 Å². The number of benzene rings is 1. The van der Waals surface area contributed by atoms with Crippen LogP contribution in [0.5, 0.6) is 0 Å². The molecule has 2 N–H and O–H groups in total. The number of rotatable bonds is 4. The van der Waals surface area contributed by atoms with Crippen molar-refractivity contribution >= 4 is 17.5 Å². The van der Waals surface area contributed by atoms with Gasteiger partial charge in [0.15, 0.2) is 0 Å². The van der Waals surface area contributed by atoms with Gasteiger partial charge in [0.05, 0.1) is 0 Å². The second-order valence-corrected chi connectivity index (χ2v) is 4.94. The van der Waals surface area contributed by atoms with Crippen LogP contribution in [0.2, 0.25) is 0 Å². The normalized spacial score (nSPS) is 14.1. The Bertz CT molecular complexity index is 458. The predicted molar refractivity (Wildman–Crippen MR) is 70.3 cm³/mol. The quantitative estimate of drug-likeness (QED) is 0.797. The molecule has 18 heavy (non-hydrogen) atoms. The van der Waals surface area contributed by atoms with Gasteiger partial charge < -0.3 is 10.6 Å². The molecule has 2 amide bonds. The molecule has 0 unspecified atom stereocenters. The van der Waals surface area contributed by atoms with E-state index in [-0.39, 0.29) is 18.2 Å². The molecule has 0 aromatic heterocycles. The number of carbonyl (C=O) groups excluding carboxylic acids is 2. The summed E-state index contributed by atoms with van der Waals surface area (Å²) in [5.74, 6) is -0.461. The van der Waals surface area contributed by atoms with Gasteiger partial charge in [0.2, 0.25) is 11.8 Å². The van der Waals surface area contributed by atoms with Crippen molar-refractivity contribution in [1.82, 2.24) is 5.32 Å². The van der Waals surface area contributed by atoms with Crippen LogP contribution in [0.1, 0.15) is 30.4 Å². The minimum absolute atomic E-state index is 0.108. The molecule has 1 aromatic rings. The van der Waals surface area contributed by atoms with Crippen LogP contribution in [0.3, 0.4) is 0 Å². The standard InChI is InChI=1S/C14H18N2O2/c1-9-5-10(2)7-12(6-9)16-14(18)8-13(17)15-11-3-4-11/h5-7,11H,3-4,8H2,1-2H3,(H,15,17)(H,16,18). The number of hydrogen-bond acceptors (Lipinski definition) is 2. The Kier molecular flexibility index (Phi) is 3.65. The molecule has 4 nitrogen and oxygen atoms in total. The van der Waals surface area contributed by atoms with E-state index in [2.05, 4.69) is 10.6 Å². The smallest absolute Gasteiger partial charge is 0.233 e. The van der Waals surface area contributed by atoms with Gasteiger partial charge in [-0.25, -0.2) is 0 Å². The third-order valence-electron chi connectivity index (χ3n) is 2.77. The fourth-order valence-electron chi connectivity index (χ4n) is 1.90. The van der Waals surface area contributed by atoms with Gasteiger partial charge in [-0.15, -0.1) is 0 Å². The Morgan fingerprint density at radius 2 is 1.72 bits per heavy atom. The Morgan fingerprint density at radius 3 is 2.28 bits per heavy atom. The Morgan fingerprint density at radius 1 is 1.11 bits per heavy atom. The van der Waals surface area contributed by atoms with Crippen LogP contribution in [0.25, 0.3) is 0 Å². The SMILES string of the molecule is Cc1cc(C)cc(NC(=O)CC(=O)NC2CC2)c1. The first-order valence-electron chi connectivity index (χ1n) is 6.20. The second kappa shape index (κ2) is 5.21. The Hall–Kier alpha value is -1.84. The lowest BCUT2D eigenvalue weighted by atomic mass is 10.1. The maximum Gasteiger partial charge on any atom is 0.233 e. The summed E-state index contributed by atoms with van der Waals surface area (Å²) in [6.07, 6.45) is 1.96. The van der Waals surface area contributed by atoms with E-state index in [0.29, 0.717) is 6.04 Å². The lowest BCUT2D eigenvalue weighted by Crippen LogP contribution is -2.29. The van der Waals surface area contributed by atoms with Crippen molar-refractivity contribution in [1.29, 1.82) is 0 Å². The third-order valence-corrected chi connectivity index (χ3v) is 2.77. The number of anilines is 1. The molecule has 2 rings (SSSR count). The van der Waals surface area contributed by atoms with Crippen molar-refractivity contribution in [3.63, 3.8) is 0 Å². The van der Waals surface area contributed by atoms with Crippen LogP contribution in [0, 0.1) is 13.8 Å². The molecule has 1 saturated carbocycles. The first-order valence-corrected chi connectivity index (χ1v) is 6.20. The first kappa shape index (κ1) is 12.6. The number of hydrogen-bond donors (Lipinski definition) is 2. The Balaban J connectivity index is 1.87. The average molecular weight is 246 g/mol. The van der Waals surface area contributed by atoms with Gasteiger partial charge in [-0.05, 0) is 49.9 Å². The lowest BCUT2D eigenvalue weighted by Gasteiger charge is -2.07. The van der Waals surface area contributed by atoms with Crippen molar-refractivity contribution in [3.05, 3.63) is 29.3 Å². The van der Waals surface area contributed by atoms with E-state index in [4.69, 9.17) is 0 Å². The highest BCUT2D eigenvalue weighted by molar-refractivity contribution is 6.03. The number of amides is 2. The summed E-state index contributed by atoms with van der Waals surface area (Å²) < 4.78 is 0. The molecule has 1 aliphatic rings. The molecule has 0 heterocycles. The molecule has 1 aromatic carbocycles. The maximum absolute atomic E-state index is 11.7. The summed E-state index contributed by atoms with van der Waals surface area (Å²) in [6, 6.07) is 6.12. The van der Waals surface area contributed by atoms with Crippen LogP contribution in [0.15, 0.2) is 18.2 Å². The average Bonchev–Trinajstić information content (AvgIpc) is 2.98. The highest BCUT2D eigenvalue weighted by Gasteiger charge is 2.24. The van der Waals surface area contributed by atoms with Gasteiger partial charge in [0.1, 0.15) is 6.42 Å². The second-order valence-electron chi connectivity index (χ2n) is 4.94. The van der Waals surface area contributed by atoms with Crippen LogP contribution in [-0.4, -0.2) is 17.9 Å². The highest BCUT2D eigenvalue weighted by atomic mass is 16.2. The fraction of sp³-hybridized carbons (Fsp3) is 0.429. The largest absolute Gasteiger partial charge is 0.353 e. The van der Waals surface area contributed by atoms with Gasteiger partial charge in [-0.3, -0.25) is 9.59 Å².